The monoisotopic (exact) mass is 404 g/mol. The molecular weight excluding hydrogens is 387 g/mol. The summed E-state index contributed by atoms with van der Waals surface area (Å²) in [6.07, 6.45) is 1.11. The predicted octanol–water partition coefficient (Wildman–Crippen LogP) is 1.72. The second-order valence-electron chi connectivity index (χ2n) is 5.56. The van der Waals surface area contributed by atoms with Gasteiger partial charge in [-0.2, -0.15) is 5.10 Å². The molecule has 11 heteroatoms. The third kappa shape index (κ3) is 5.99. The number of benzene rings is 2. The van der Waals surface area contributed by atoms with Gasteiger partial charge in [-0.15, -0.1) is 0 Å². The molecule has 0 radical (unpaired) electrons. The molecule has 0 saturated carbocycles. The maximum absolute atomic E-state index is 13.1. The van der Waals surface area contributed by atoms with Gasteiger partial charge < -0.3 is 15.2 Å². The normalized spacial score (nSPS) is 10.6. The minimum atomic E-state index is -0.782. The van der Waals surface area contributed by atoms with E-state index in [9.17, 15) is 29.2 Å². The van der Waals surface area contributed by atoms with Crippen LogP contribution in [-0.4, -0.2) is 41.2 Å². The fourth-order valence-corrected chi connectivity index (χ4v) is 2.20. The molecule has 10 nitrogen and oxygen atoms in total. The Morgan fingerprint density at radius 3 is 2.76 bits per heavy atom. The largest absolute Gasteiger partial charge is 0.500 e. The minimum absolute atomic E-state index is 0.0566. The Morgan fingerprint density at radius 1 is 1.34 bits per heavy atom. The van der Waals surface area contributed by atoms with Crippen molar-refractivity contribution >= 4 is 23.7 Å². The number of hydrogen-bond donors (Lipinski definition) is 3. The number of phenolic OH excluding ortho intramolecular Hbond substituents is 1. The van der Waals surface area contributed by atoms with Crippen molar-refractivity contribution in [2.75, 3.05) is 13.2 Å². The van der Waals surface area contributed by atoms with E-state index in [4.69, 9.17) is 4.74 Å². The Balaban J connectivity index is 1.97. The highest BCUT2D eigenvalue weighted by Crippen LogP contribution is 2.36. The van der Waals surface area contributed by atoms with Gasteiger partial charge in [0.25, 0.3) is 11.8 Å². The second-order valence-corrected chi connectivity index (χ2v) is 5.56. The minimum Gasteiger partial charge on any atom is -0.500 e. The summed E-state index contributed by atoms with van der Waals surface area (Å²) in [5.74, 6) is -2.61. The van der Waals surface area contributed by atoms with E-state index in [0.29, 0.717) is 0 Å². The van der Waals surface area contributed by atoms with Crippen molar-refractivity contribution in [3.05, 3.63) is 63.5 Å². The van der Waals surface area contributed by atoms with Gasteiger partial charge in [0.05, 0.1) is 24.3 Å². The Bertz CT molecular complexity index is 963. The number of phenols is 1. The van der Waals surface area contributed by atoms with Crippen LogP contribution in [0.25, 0.3) is 0 Å². The van der Waals surface area contributed by atoms with Crippen LogP contribution in [0.1, 0.15) is 22.8 Å². The van der Waals surface area contributed by atoms with Crippen LogP contribution in [-0.2, 0) is 4.79 Å². The molecule has 0 saturated heterocycles. The summed E-state index contributed by atoms with van der Waals surface area (Å²) in [6, 6.07) is 7.33. The molecule has 0 spiro atoms. The van der Waals surface area contributed by atoms with Crippen molar-refractivity contribution in [3.8, 4) is 11.5 Å². The first-order chi connectivity index (χ1) is 13.8. The van der Waals surface area contributed by atoms with Gasteiger partial charge in [0.2, 0.25) is 5.75 Å². The summed E-state index contributed by atoms with van der Waals surface area (Å²) in [7, 11) is 0. The Kier molecular flexibility index (Phi) is 7.18. The fraction of sp³-hybridized carbons (Fsp3) is 0.167. The molecule has 2 aromatic rings. The number of hydrazone groups is 1. The van der Waals surface area contributed by atoms with Gasteiger partial charge in [-0.1, -0.05) is 6.07 Å². The molecule has 0 aliphatic rings. The molecule has 0 atom stereocenters. The van der Waals surface area contributed by atoms with Gasteiger partial charge in [-0.3, -0.25) is 19.7 Å². The maximum Gasteiger partial charge on any atom is 0.315 e. The number of carbonyl (C=O) groups is 2. The average Bonchev–Trinajstić information content (AvgIpc) is 2.68. The Labute approximate surface area is 164 Å². The number of nitrogens with one attached hydrogen (secondary N) is 2. The maximum atomic E-state index is 13.1. The molecule has 0 fully saturated rings. The van der Waals surface area contributed by atoms with Gasteiger partial charge >= 0.3 is 5.69 Å². The van der Waals surface area contributed by atoms with Crippen LogP contribution >= 0.6 is 0 Å². The van der Waals surface area contributed by atoms with E-state index in [2.05, 4.69) is 15.8 Å². The van der Waals surface area contributed by atoms with Crippen molar-refractivity contribution in [2.24, 2.45) is 5.10 Å². The number of amides is 2. The van der Waals surface area contributed by atoms with Gasteiger partial charge in [-0.25, -0.2) is 9.82 Å². The lowest BCUT2D eigenvalue weighted by molar-refractivity contribution is -0.386. The highest BCUT2D eigenvalue weighted by atomic mass is 19.1. The van der Waals surface area contributed by atoms with E-state index in [1.807, 2.05) is 0 Å². The molecule has 0 aromatic heterocycles. The van der Waals surface area contributed by atoms with Crippen molar-refractivity contribution < 1.29 is 28.7 Å². The zero-order valence-corrected chi connectivity index (χ0v) is 15.2. The van der Waals surface area contributed by atoms with E-state index in [-0.39, 0.29) is 23.5 Å². The molecule has 0 heterocycles. The molecule has 0 bridgehead atoms. The number of aromatic hydroxyl groups is 1. The summed E-state index contributed by atoms with van der Waals surface area (Å²) in [5, 5.41) is 26.8. The van der Waals surface area contributed by atoms with E-state index >= 15 is 0 Å². The predicted molar refractivity (Wildman–Crippen MR) is 100 cm³/mol. The molecule has 0 unspecified atom stereocenters. The number of rotatable bonds is 8. The van der Waals surface area contributed by atoms with Gasteiger partial charge in [0.15, 0.2) is 5.75 Å². The Hall–Kier alpha value is -4.02. The molecule has 2 aromatic carbocycles. The van der Waals surface area contributed by atoms with Gasteiger partial charge in [-0.05, 0) is 31.2 Å². The molecule has 2 rings (SSSR count). The molecule has 2 amide bonds. The number of nitro benzene ring substituents is 1. The van der Waals surface area contributed by atoms with Crippen LogP contribution in [0.5, 0.6) is 11.5 Å². The highest BCUT2D eigenvalue weighted by molar-refractivity contribution is 5.96. The topological polar surface area (TPSA) is 143 Å². The summed E-state index contributed by atoms with van der Waals surface area (Å²) < 4.78 is 18.2. The van der Waals surface area contributed by atoms with Crippen LogP contribution in [0.4, 0.5) is 10.1 Å². The second kappa shape index (κ2) is 9.78. The fourth-order valence-electron chi connectivity index (χ4n) is 2.20. The summed E-state index contributed by atoms with van der Waals surface area (Å²) in [4.78, 5) is 33.8. The van der Waals surface area contributed by atoms with Crippen LogP contribution in [0, 0.1) is 15.9 Å². The van der Waals surface area contributed by atoms with Crippen molar-refractivity contribution in [1.82, 2.24) is 10.7 Å². The van der Waals surface area contributed by atoms with Crippen molar-refractivity contribution in [1.29, 1.82) is 0 Å². The summed E-state index contributed by atoms with van der Waals surface area (Å²) >= 11 is 0. The smallest absolute Gasteiger partial charge is 0.315 e. The van der Waals surface area contributed by atoms with Crippen LogP contribution in [0.2, 0.25) is 0 Å². The van der Waals surface area contributed by atoms with E-state index < -0.39 is 40.5 Å². The lowest BCUT2D eigenvalue weighted by Crippen LogP contribution is -2.34. The quantitative estimate of drug-likeness (QED) is 0.347. The Morgan fingerprint density at radius 2 is 2.10 bits per heavy atom. The molecule has 3 N–H and O–H groups in total. The summed E-state index contributed by atoms with van der Waals surface area (Å²) in [6.45, 7) is 1.39. The highest BCUT2D eigenvalue weighted by Gasteiger charge is 2.19. The SMILES string of the molecule is CCOc1cc(/C=N\NC(=O)CNC(=O)c2cccc(F)c2)cc([N+](=O)[O-])c1O. The van der Waals surface area contributed by atoms with E-state index in [1.165, 1.54) is 24.3 Å². The van der Waals surface area contributed by atoms with E-state index in [0.717, 1.165) is 18.3 Å². The molecule has 0 aliphatic carbocycles. The zero-order valence-electron chi connectivity index (χ0n) is 15.2. The van der Waals surface area contributed by atoms with Crippen LogP contribution in [0.3, 0.4) is 0 Å². The summed E-state index contributed by atoms with van der Waals surface area (Å²) in [5.41, 5.74) is 1.81. The first-order valence-corrected chi connectivity index (χ1v) is 8.31. The molecule has 29 heavy (non-hydrogen) atoms. The van der Waals surface area contributed by atoms with Gasteiger partial charge in [0.1, 0.15) is 5.82 Å². The first kappa shape index (κ1) is 21.3. The van der Waals surface area contributed by atoms with Crippen molar-refractivity contribution in [2.45, 2.75) is 6.92 Å². The molecule has 0 aliphatic heterocycles. The lowest BCUT2D eigenvalue weighted by Gasteiger charge is -2.07. The third-order valence-corrected chi connectivity index (χ3v) is 3.47. The number of ether oxygens (including phenoxy) is 1. The number of nitro groups is 1. The number of nitrogens with zero attached hydrogens (tertiary/aromatic N) is 2. The van der Waals surface area contributed by atoms with E-state index in [1.54, 1.807) is 6.92 Å². The number of halogens is 1. The standard InChI is InChI=1S/C18H17FN4O6/c1-2-29-15-7-11(6-14(17(15)25)23(27)28)9-21-22-16(24)10-20-18(26)12-4-3-5-13(19)8-12/h3-9,25H,2,10H2,1H3,(H,20,26)(H,22,24)/b21-9-. The first-order valence-electron chi connectivity index (χ1n) is 8.31. The lowest BCUT2D eigenvalue weighted by atomic mass is 10.2. The van der Waals surface area contributed by atoms with Crippen molar-refractivity contribution in [3.63, 3.8) is 0 Å². The molecular formula is C18H17FN4O6. The van der Waals surface area contributed by atoms with Crippen LogP contribution in [0.15, 0.2) is 41.5 Å². The van der Waals surface area contributed by atoms with Gasteiger partial charge in [0, 0.05) is 17.2 Å². The number of carbonyl (C=O) groups excluding carboxylic acids is 2. The van der Waals surface area contributed by atoms with Crippen LogP contribution < -0.4 is 15.5 Å². The zero-order chi connectivity index (χ0) is 21.4. The average molecular weight is 404 g/mol. The molecule has 152 valence electrons. The number of hydrogen-bond acceptors (Lipinski definition) is 7. The third-order valence-electron chi connectivity index (χ3n) is 3.47.